The van der Waals surface area contributed by atoms with Crippen molar-refractivity contribution >= 4 is 22.6 Å². The smallest absolute Gasteiger partial charge is 0.322 e. The number of anilines is 1. The molecular formula is C23H26N6O3. The Labute approximate surface area is 184 Å². The van der Waals surface area contributed by atoms with Gasteiger partial charge in [-0.15, -0.1) is 0 Å². The highest BCUT2D eigenvalue weighted by Gasteiger charge is 2.25. The summed E-state index contributed by atoms with van der Waals surface area (Å²) in [6.45, 7) is 12.2. The molecule has 0 saturated heterocycles. The fourth-order valence-corrected chi connectivity index (χ4v) is 3.55. The van der Waals surface area contributed by atoms with E-state index < -0.39 is 5.76 Å². The molecule has 0 fully saturated rings. The zero-order valence-corrected chi connectivity index (χ0v) is 19.0. The highest BCUT2D eigenvalue weighted by Crippen LogP contribution is 2.29. The summed E-state index contributed by atoms with van der Waals surface area (Å²) in [4.78, 5) is 32.0. The van der Waals surface area contributed by atoms with Crippen LogP contribution in [0.2, 0.25) is 0 Å². The van der Waals surface area contributed by atoms with E-state index in [1.54, 1.807) is 24.3 Å². The molecule has 0 atom stereocenters. The normalized spacial score (nSPS) is 12.0. The SMILES string of the molecule is Cc1nn(C(C)(C)C)c2nc(C(C)C)cc(C(=O)Nc3cccc(-c4noc(=O)[nH]4)c3)c12. The summed E-state index contributed by atoms with van der Waals surface area (Å²) >= 11 is 0. The standard InChI is InChI=1S/C23H26N6O3/c1-12(2)17-11-16(18-13(3)27-29(20(18)25-17)23(4,5)6)21(30)24-15-9-7-8-14(10-15)19-26-22(31)32-28-19/h7-12H,1-6H3,(H,24,30)(H,26,28,31). The first kappa shape index (κ1) is 21.5. The molecule has 4 rings (SSSR count). The molecule has 0 saturated carbocycles. The molecule has 0 spiro atoms. The van der Waals surface area contributed by atoms with Crippen LogP contribution in [0.4, 0.5) is 5.69 Å². The van der Waals surface area contributed by atoms with Gasteiger partial charge in [-0.25, -0.2) is 14.5 Å². The van der Waals surface area contributed by atoms with Crippen molar-refractivity contribution in [2.75, 3.05) is 5.32 Å². The van der Waals surface area contributed by atoms with Crippen LogP contribution in [0.5, 0.6) is 0 Å². The lowest BCUT2D eigenvalue weighted by Crippen LogP contribution is -2.24. The number of hydrogen-bond acceptors (Lipinski definition) is 6. The van der Waals surface area contributed by atoms with Crippen LogP contribution in [0.3, 0.4) is 0 Å². The minimum Gasteiger partial charge on any atom is -0.322 e. The lowest BCUT2D eigenvalue weighted by molar-refractivity contribution is 0.102. The van der Waals surface area contributed by atoms with E-state index >= 15 is 0 Å². The maximum Gasteiger partial charge on any atom is 0.439 e. The van der Waals surface area contributed by atoms with Gasteiger partial charge in [0, 0.05) is 16.9 Å². The van der Waals surface area contributed by atoms with Gasteiger partial charge in [0.15, 0.2) is 11.5 Å². The third-order valence-corrected chi connectivity index (χ3v) is 5.14. The number of aromatic nitrogens is 5. The quantitative estimate of drug-likeness (QED) is 0.496. The van der Waals surface area contributed by atoms with E-state index in [4.69, 9.17) is 4.98 Å². The van der Waals surface area contributed by atoms with E-state index in [1.807, 2.05) is 31.5 Å². The predicted octanol–water partition coefficient (Wildman–Crippen LogP) is 4.21. The van der Waals surface area contributed by atoms with Crippen LogP contribution < -0.4 is 11.1 Å². The molecule has 0 unspecified atom stereocenters. The molecule has 0 bridgehead atoms. The predicted molar refractivity (Wildman–Crippen MR) is 122 cm³/mol. The first-order chi connectivity index (χ1) is 15.0. The highest BCUT2D eigenvalue weighted by molar-refractivity contribution is 6.12. The highest BCUT2D eigenvalue weighted by atomic mass is 16.5. The maximum atomic E-state index is 13.4. The van der Waals surface area contributed by atoms with Crippen molar-refractivity contribution in [3.63, 3.8) is 0 Å². The number of pyridine rings is 1. The summed E-state index contributed by atoms with van der Waals surface area (Å²) in [7, 11) is 0. The summed E-state index contributed by atoms with van der Waals surface area (Å²) in [6, 6.07) is 8.86. The Morgan fingerprint density at radius 2 is 1.97 bits per heavy atom. The Morgan fingerprint density at radius 1 is 1.22 bits per heavy atom. The number of rotatable bonds is 4. The van der Waals surface area contributed by atoms with Gasteiger partial charge in [0.05, 0.1) is 22.2 Å². The molecular weight excluding hydrogens is 408 g/mol. The average molecular weight is 435 g/mol. The molecule has 0 aliphatic carbocycles. The Morgan fingerprint density at radius 3 is 2.59 bits per heavy atom. The molecule has 32 heavy (non-hydrogen) atoms. The number of nitrogens with one attached hydrogen (secondary N) is 2. The molecule has 166 valence electrons. The van der Waals surface area contributed by atoms with E-state index in [-0.39, 0.29) is 17.4 Å². The minimum atomic E-state index is -0.638. The molecule has 3 heterocycles. The second-order valence-electron chi connectivity index (χ2n) is 9.09. The van der Waals surface area contributed by atoms with Crippen LogP contribution in [0.15, 0.2) is 39.6 Å². The molecule has 9 heteroatoms. The summed E-state index contributed by atoms with van der Waals surface area (Å²) in [5.41, 5.74) is 3.68. The number of aryl methyl sites for hydroxylation is 1. The summed E-state index contributed by atoms with van der Waals surface area (Å²) in [5.74, 6) is -0.466. The minimum absolute atomic E-state index is 0.141. The summed E-state index contributed by atoms with van der Waals surface area (Å²) in [5, 5.41) is 12.1. The lowest BCUT2D eigenvalue weighted by Gasteiger charge is -2.20. The monoisotopic (exact) mass is 434 g/mol. The largest absolute Gasteiger partial charge is 0.439 e. The molecule has 3 aromatic heterocycles. The molecule has 9 nitrogen and oxygen atoms in total. The third kappa shape index (κ3) is 3.93. The van der Waals surface area contributed by atoms with Gasteiger partial charge in [0.1, 0.15) is 0 Å². The number of benzene rings is 1. The van der Waals surface area contributed by atoms with E-state index in [0.29, 0.717) is 28.3 Å². The van der Waals surface area contributed by atoms with Gasteiger partial charge in [-0.1, -0.05) is 31.1 Å². The van der Waals surface area contributed by atoms with Crippen molar-refractivity contribution in [2.45, 2.75) is 53.0 Å². The first-order valence-electron chi connectivity index (χ1n) is 10.4. The number of aromatic amines is 1. The number of hydrogen-bond donors (Lipinski definition) is 2. The van der Waals surface area contributed by atoms with Crippen molar-refractivity contribution < 1.29 is 9.32 Å². The van der Waals surface area contributed by atoms with Gasteiger partial charge in [-0.05, 0) is 51.8 Å². The molecule has 1 aromatic carbocycles. The Kier molecular flexibility index (Phi) is 5.20. The Balaban J connectivity index is 1.79. The fraction of sp³-hybridized carbons (Fsp3) is 0.348. The molecule has 0 aliphatic heterocycles. The lowest BCUT2D eigenvalue weighted by atomic mass is 10.0. The molecule has 0 aliphatic rings. The van der Waals surface area contributed by atoms with Gasteiger partial charge < -0.3 is 5.32 Å². The Bertz CT molecular complexity index is 1370. The first-order valence-corrected chi connectivity index (χ1v) is 10.4. The van der Waals surface area contributed by atoms with Crippen LogP contribution in [0.1, 0.15) is 62.3 Å². The van der Waals surface area contributed by atoms with Crippen molar-refractivity contribution in [3.8, 4) is 11.4 Å². The Hall–Kier alpha value is -3.75. The van der Waals surface area contributed by atoms with Gasteiger partial charge in [0.25, 0.3) is 5.91 Å². The zero-order chi connectivity index (χ0) is 23.2. The number of carbonyl (C=O) groups is 1. The molecule has 4 aromatic rings. The van der Waals surface area contributed by atoms with Crippen LogP contribution >= 0.6 is 0 Å². The van der Waals surface area contributed by atoms with Crippen LogP contribution in [0, 0.1) is 6.92 Å². The molecule has 2 N–H and O–H groups in total. The van der Waals surface area contributed by atoms with Crippen molar-refractivity contribution in [1.82, 2.24) is 24.9 Å². The van der Waals surface area contributed by atoms with E-state index in [0.717, 1.165) is 16.8 Å². The summed E-state index contributed by atoms with van der Waals surface area (Å²) < 4.78 is 6.45. The van der Waals surface area contributed by atoms with Crippen molar-refractivity contribution in [1.29, 1.82) is 0 Å². The number of amides is 1. The number of carbonyl (C=O) groups excluding carboxylic acids is 1. The van der Waals surface area contributed by atoms with E-state index in [1.165, 1.54) is 0 Å². The zero-order valence-electron chi connectivity index (χ0n) is 19.0. The second kappa shape index (κ2) is 7.74. The number of H-pyrrole nitrogens is 1. The van der Waals surface area contributed by atoms with Crippen LogP contribution in [0.25, 0.3) is 22.4 Å². The van der Waals surface area contributed by atoms with Crippen molar-refractivity contribution in [3.05, 3.63) is 57.8 Å². The topological polar surface area (TPSA) is 119 Å². The van der Waals surface area contributed by atoms with Gasteiger partial charge in [-0.3, -0.25) is 14.3 Å². The van der Waals surface area contributed by atoms with Crippen LogP contribution in [-0.2, 0) is 5.54 Å². The van der Waals surface area contributed by atoms with Crippen LogP contribution in [-0.4, -0.2) is 30.8 Å². The summed E-state index contributed by atoms with van der Waals surface area (Å²) in [6.07, 6.45) is 0. The van der Waals surface area contributed by atoms with Gasteiger partial charge in [0.2, 0.25) is 0 Å². The second-order valence-corrected chi connectivity index (χ2v) is 9.09. The van der Waals surface area contributed by atoms with Gasteiger partial charge >= 0.3 is 5.76 Å². The van der Waals surface area contributed by atoms with Gasteiger partial charge in [-0.2, -0.15) is 5.10 Å². The number of fused-ring (bicyclic) bond motifs is 1. The maximum absolute atomic E-state index is 13.4. The van der Waals surface area contributed by atoms with E-state index in [9.17, 15) is 9.59 Å². The fourth-order valence-electron chi connectivity index (χ4n) is 3.55. The third-order valence-electron chi connectivity index (χ3n) is 5.14. The molecule has 1 amide bonds. The van der Waals surface area contributed by atoms with E-state index in [2.05, 4.69) is 45.9 Å². The average Bonchev–Trinajstić information content (AvgIpc) is 3.31. The molecule has 0 radical (unpaired) electrons. The number of nitrogens with zero attached hydrogens (tertiary/aromatic N) is 4. The van der Waals surface area contributed by atoms with Crippen molar-refractivity contribution in [2.24, 2.45) is 0 Å².